The number of likely N-dealkylation sites (N-methyl/N-ethyl adjacent to an activating group) is 1. The first-order valence-electron chi connectivity index (χ1n) is 8.32. The molecule has 26 heavy (non-hydrogen) atoms. The summed E-state index contributed by atoms with van der Waals surface area (Å²) in [5.74, 6) is -0.215. The summed E-state index contributed by atoms with van der Waals surface area (Å²) < 4.78 is 1.65. The van der Waals surface area contributed by atoms with Crippen molar-refractivity contribution in [3.05, 3.63) is 41.7 Å². The predicted molar refractivity (Wildman–Crippen MR) is 106 cm³/mol. The number of aryl methyl sites for hydroxylation is 1. The Kier molecular flexibility index (Phi) is 8.28. The highest BCUT2D eigenvalue weighted by molar-refractivity contribution is 5.98. The molecule has 3 N–H and O–H groups in total. The largest absolute Gasteiger partial charge is 0.326 e. The molecule has 0 fully saturated rings. The molecule has 1 unspecified atom stereocenters. The van der Waals surface area contributed by atoms with Crippen molar-refractivity contribution in [2.45, 2.75) is 32.7 Å². The number of anilines is 2. The van der Waals surface area contributed by atoms with Crippen molar-refractivity contribution < 1.29 is 9.59 Å². The average molecular weight is 380 g/mol. The van der Waals surface area contributed by atoms with Gasteiger partial charge in [-0.25, -0.2) is 0 Å². The van der Waals surface area contributed by atoms with Crippen LogP contribution in [0.1, 0.15) is 36.9 Å². The van der Waals surface area contributed by atoms with Gasteiger partial charge in [0.05, 0.1) is 6.20 Å². The Morgan fingerprint density at radius 1 is 1.23 bits per heavy atom. The van der Waals surface area contributed by atoms with Crippen LogP contribution in [0.4, 0.5) is 11.4 Å². The highest BCUT2D eigenvalue weighted by atomic mass is 35.5. The minimum absolute atomic E-state index is 0. The molecular formula is C18H26ClN5O2. The molecule has 1 heterocycles. The van der Waals surface area contributed by atoms with Gasteiger partial charge in [0.1, 0.15) is 6.04 Å². The minimum Gasteiger partial charge on any atom is -0.326 e. The summed E-state index contributed by atoms with van der Waals surface area (Å²) in [7, 11) is 3.53. The van der Waals surface area contributed by atoms with Crippen LogP contribution >= 0.6 is 12.4 Å². The minimum atomic E-state index is -0.508. The molecule has 0 aliphatic carbocycles. The number of nitrogens with zero attached hydrogens (tertiary/aromatic N) is 2. The van der Waals surface area contributed by atoms with Crippen molar-refractivity contribution in [1.82, 2.24) is 15.1 Å². The van der Waals surface area contributed by atoms with Crippen molar-refractivity contribution in [2.75, 3.05) is 17.7 Å². The molecule has 2 amide bonds. The smallest absolute Gasteiger partial charge is 0.246 e. The fraction of sp³-hybridized carbons (Fsp3) is 0.389. The highest BCUT2D eigenvalue weighted by Gasteiger charge is 2.21. The standard InChI is InChI=1S/C18H25N5O2.ClH/c1-5-7-16(24)21-14-8-6-9-15(12(14)2)22-18(25)17(19-3)13-10-20-23(4)11-13;/h6,8-11,17,19H,5,7H2,1-4H3,(H,21,24)(H,22,25);1H. The zero-order valence-corrected chi connectivity index (χ0v) is 16.3. The maximum Gasteiger partial charge on any atom is 0.246 e. The van der Waals surface area contributed by atoms with Crippen LogP contribution in [0.2, 0.25) is 0 Å². The van der Waals surface area contributed by atoms with E-state index in [2.05, 4.69) is 21.0 Å². The summed E-state index contributed by atoms with van der Waals surface area (Å²) in [5, 5.41) is 12.9. The van der Waals surface area contributed by atoms with Crippen molar-refractivity contribution in [2.24, 2.45) is 7.05 Å². The first-order valence-corrected chi connectivity index (χ1v) is 8.32. The van der Waals surface area contributed by atoms with Gasteiger partial charge in [0.25, 0.3) is 0 Å². The highest BCUT2D eigenvalue weighted by Crippen LogP contribution is 2.25. The zero-order valence-electron chi connectivity index (χ0n) is 15.5. The molecule has 1 aromatic carbocycles. The number of carbonyl (C=O) groups excluding carboxylic acids is 2. The zero-order chi connectivity index (χ0) is 18.4. The molecule has 0 aliphatic heterocycles. The molecule has 1 aromatic heterocycles. The fourth-order valence-electron chi connectivity index (χ4n) is 2.59. The van der Waals surface area contributed by atoms with Crippen molar-refractivity contribution >= 4 is 35.6 Å². The van der Waals surface area contributed by atoms with Crippen LogP contribution in [0.5, 0.6) is 0 Å². The van der Waals surface area contributed by atoms with Gasteiger partial charge < -0.3 is 16.0 Å². The van der Waals surface area contributed by atoms with Crippen molar-refractivity contribution in [3.63, 3.8) is 0 Å². The average Bonchev–Trinajstić information content (AvgIpc) is 2.98. The first kappa shape index (κ1) is 21.7. The Labute approximate surface area is 160 Å². The predicted octanol–water partition coefficient (Wildman–Crippen LogP) is 2.79. The van der Waals surface area contributed by atoms with E-state index in [1.807, 2.05) is 32.0 Å². The lowest BCUT2D eigenvalue weighted by atomic mass is 10.1. The molecule has 8 heteroatoms. The summed E-state index contributed by atoms with van der Waals surface area (Å²) in [6.45, 7) is 3.83. The molecule has 0 radical (unpaired) electrons. The summed E-state index contributed by atoms with van der Waals surface area (Å²) in [6, 6.07) is 4.95. The van der Waals surface area contributed by atoms with Gasteiger partial charge in [-0.05, 0) is 38.1 Å². The number of hydrogen-bond acceptors (Lipinski definition) is 4. The van der Waals surface area contributed by atoms with Gasteiger partial charge in [0, 0.05) is 36.6 Å². The second-order valence-electron chi connectivity index (χ2n) is 5.93. The first-order chi connectivity index (χ1) is 12.0. The second kappa shape index (κ2) is 9.94. The molecule has 1 atom stereocenters. The second-order valence-corrected chi connectivity index (χ2v) is 5.93. The lowest BCUT2D eigenvalue weighted by Gasteiger charge is -2.17. The van der Waals surface area contributed by atoms with Crippen LogP contribution in [-0.2, 0) is 16.6 Å². The van der Waals surface area contributed by atoms with Gasteiger partial charge in [-0.1, -0.05) is 13.0 Å². The molecule has 2 aromatic rings. The van der Waals surface area contributed by atoms with Gasteiger partial charge >= 0.3 is 0 Å². The van der Waals surface area contributed by atoms with Gasteiger partial charge in [-0.3, -0.25) is 14.3 Å². The van der Waals surface area contributed by atoms with Crippen LogP contribution in [-0.4, -0.2) is 28.6 Å². The maximum atomic E-state index is 12.6. The van der Waals surface area contributed by atoms with Crippen LogP contribution in [0.25, 0.3) is 0 Å². The summed E-state index contributed by atoms with van der Waals surface area (Å²) in [5.41, 5.74) is 2.98. The third-order valence-electron chi connectivity index (χ3n) is 3.95. The van der Waals surface area contributed by atoms with Crippen LogP contribution in [0, 0.1) is 6.92 Å². The Morgan fingerprint density at radius 2 is 1.88 bits per heavy atom. The molecule has 0 saturated carbocycles. The number of amides is 2. The third-order valence-corrected chi connectivity index (χ3v) is 3.95. The number of halogens is 1. The molecule has 0 saturated heterocycles. The Hall–Kier alpha value is -2.38. The molecule has 7 nitrogen and oxygen atoms in total. The number of hydrogen-bond donors (Lipinski definition) is 3. The van der Waals surface area contributed by atoms with Crippen LogP contribution in [0.15, 0.2) is 30.6 Å². The molecule has 0 aliphatic rings. The van der Waals surface area contributed by atoms with Crippen LogP contribution < -0.4 is 16.0 Å². The SMILES string of the molecule is CCCC(=O)Nc1cccc(NC(=O)C(NC)c2cnn(C)c2)c1C.Cl. The Bertz CT molecular complexity index is 760. The number of aromatic nitrogens is 2. The van der Waals surface area contributed by atoms with Gasteiger partial charge in [-0.2, -0.15) is 5.10 Å². The van der Waals surface area contributed by atoms with E-state index in [1.165, 1.54) is 0 Å². The normalized spacial score (nSPS) is 11.4. The van der Waals surface area contributed by atoms with Crippen LogP contribution in [0.3, 0.4) is 0 Å². The Morgan fingerprint density at radius 3 is 2.42 bits per heavy atom. The van der Waals surface area contributed by atoms with E-state index in [0.29, 0.717) is 17.8 Å². The van der Waals surface area contributed by atoms with Gasteiger partial charge in [0.15, 0.2) is 0 Å². The number of carbonyl (C=O) groups is 2. The molecule has 0 bridgehead atoms. The van der Waals surface area contributed by atoms with Gasteiger partial charge in [-0.15, -0.1) is 12.4 Å². The van der Waals surface area contributed by atoms with E-state index in [-0.39, 0.29) is 24.2 Å². The third kappa shape index (κ3) is 5.31. The summed E-state index contributed by atoms with van der Waals surface area (Å²) in [4.78, 5) is 24.5. The lowest BCUT2D eigenvalue weighted by molar-refractivity contribution is -0.118. The summed E-state index contributed by atoms with van der Waals surface area (Å²) >= 11 is 0. The van der Waals surface area contributed by atoms with Crippen molar-refractivity contribution in [1.29, 1.82) is 0 Å². The van der Waals surface area contributed by atoms with E-state index < -0.39 is 6.04 Å². The van der Waals surface area contributed by atoms with E-state index in [9.17, 15) is 9.59 Å². The van der Waals surface area contributed by atoms with E-state index in [4.69, 9.17) is 0 Å². The monoisotopic (exact) mass is 379 g/mol. The molecular weight excluding hydrogens is 354 g/mol. The maximum absolute atomic E-state index is 12.6. The van der Waals surface area contributed by atoms with Crippen molar-refractivity contribution in [3.8, 4) is 0 Å². The van der Waals surface area contributed by atoms with E-state index >= 15 is 0 Å². The molecule has 0 spiro atoms. The fourth-order valence-corrected chi connectivity index (χ4v) is 2.59. The van der Waals surface area contributed by atoms with E-state index in [0.717, 1.165) is 17.5 Å². The number of benzene rings is 1. The number of nitrogens with one attached hydrogen (secondary N) is 3. The lowest BCUT2D eigenvalue weighted by Crippen LogP contribution is -2.30. The molecule has 2 rings (SSSR count). The number of rotatable bonds is 7. The quantitative estimate of drug-likeness (QED) is 0.690. The summed E-state index contributed by atoms with van der Waals surface area (Å²) in [6.07, 6.45) is 4.72. The Balaban J connectivity index is 0.00000338. The molecule has 142 valence electrons. The van der Waals surface area contributed by atoms with E-state index in [1.54, 1.807) is 31.2 Å². The topological polar surface area (TPSA) is 88.1 Å². The van der Waals surface area contributed by atoms with Gasteiger partial charge in [0.2, 0.25) is 11.8 Å².